The maximum absolute atomic E-state index is 11.9. The fraction of sp³-hybridized carbons (Fsp3) is 0.500. The SMILES string of the molecule is C=CCc1ccc(C(=O)NCCCCCCCC)cc1. The third kappa shape index (κ3) is 6.55. The van der Waals surface area contributed by atoms with E-state index in [9.17, 15) is 4.79 Å². The fourth-order valence-electron chi connectivity index (χ4n) is 2.17. The number of allylic oxidation sites excluding steroid dienone is 1. The highest BCUT2D eigenvalue weighted by molar-refractivity contribution is 5.94. The third-order valence-corrected chi connectivity index (χ3v) is 3.41. The molecule has 0 aromatic heterocycles. The van der Waals surface area contributed by atoms with Crippen LogP contribution in [-0.4, -0.2) is 12.5 Å². The number of hydrogen-bond donors (Lipinski definition) is 1. The second kappa shape index (κ2) is 10.2. The molecule has 1 N–H and O–H groups in total. The van der Waals surface area contributed by atoms with Crippen molar-refractivity contribution >= 4 is 5.91 Å². The lowest BCUT2D eigenvalue weighted by Crippen LogP contribution is -2.24. The number of nitrogens with one attached hydrogen (secondary N) is 1. The maximum Gasteiger partial charge on any atom is 0.251 e. The van der Waals surface area contributed by atoms with Gasteiger partial charge in [0.1, 0.15) is 0 Å². The van der Waals surface area contributed by atoms with Crippen LogP contribution < -0.4 is 5.32 Å². The molecule has 0 unspecified atom stereocenters. The quantitative estimate of drug-likeness (QED) is 0.493. The molecule has 20 heavy (non-hydrogen) atoms. The van der Waals surface area contributed by atoms with Crippen LogP contribution in [0.5, 0.6) is 0 Å². The average molecular weight is 273 g/mol. The van der Waals surface area contributed by atoms with Crippen LogP contribution in [0.1, 0.15) is 61.4 Å². The molecular weight excluding hydrogens is 246 g/mol. The molecule has 0 saturated carbocycles. The minimum absolute atomic E-state index is 0.0312. The number of amides is 1. The molecule has 0 aliphatic rings. The molecule has 0 aliphatic heterocycles. The summed E-state index contributed by atoms with van der Waals surface area (Å²) in [4.78, 5) is 11.9. The standard InChI is InChI=1S/C18H27NO/c1-3-5-6-7-8-9-15-19-18(20)17-13-11-16(10-4-2)12-14-17/h4,11-14H,2-3,5-10,15H2,1H3,(H,19,20). The summed E-state index contributed by atoms with van der Waals surface area (Å²) in [7, 11) is 0. The van der Waals surface area contributed by atoms with E-state index in [1.165, 1.54) is 37.7 Å². The normalized spacial score (nSPS) is 10.2. The van der Waals surface area contributed by atoms with Gasteiger partial charge in [-0.3, -0.25) is 4.79 Å². The van der Waals surface area contributed by atoms with Crippen LogP contribution in [0.3, 0.4) is 0 Å². The van der Waals surface area contributed by atoms with E-state index in [-0.39, 0.29) is 5.91 Å². The third-order valence-electron chi connectivity index (χ3n) is 3.41. The number of rotatable bonds is 10. The number of hydrogen-bond acceptors (Lipinski definition) is 1. The number of carbonyl (C=O) groups is 1. The molecule has 0 bridgehead atoms. The van der Waals surface area contributed by atoms with Gasteiger partial charge >= 0.3 is 0 Å². The van der Waals surface area contributed by atoms with E-state index in [1.54, 1.807) is 0 Å². The van der Waals surface area contributed by atoms with Crippen molar-refractivity contribution in [2.45, 2.75) is 51.9 Å². The Kier molecular flexibility index (Phi) is 8.44. The van der Waals surface area contributed by atoms with Gasteiger partial charge in [0.25, 0.3) is 5.91 Å². The van der Waals surface area contributed by atoms with E-state index >= 15 is 0 Å². The largest absolute Gasteiger partial charge is 0.352 e. The molecule has 0 atom stereocenters. The Hall–Kier alpha value is -1.57. The van der Waals surface area contributed by atoms with Crippen LogP contribution in [0.25, 0.3) is 0 Å². The molecule has 1 aromatic rings. The fourth-order valence-corrected chi connectivity index (χ4v) is 2.17. The summed E-state index contributed by atoms with van der Waals surface area (Å²) in [5, 5.41) is 2.98. The second-order valence-electron chi connectivity index (χ2n) is 5.21. The number of unbranched alkanes of at least 4 members (excludes halogenated alkanes) is 5. The predicted molar refractivity (Wildman–Crippen MR) is 86.1 cm³/mol. The molecule has 0 radical (unpaired) electrons. The Bertz CT molecular complexity index is 394. The van der Waals surface area contributed by atoms with Crippen LogP contribution in [0.2, 0.25) is 0 Å². The first kappa shape index (κ1) is 16.5. The highest BCUT2D eigenvalue weighted by Crippen LogP contribution is 2.06. The van der Waals surface area contributed by atoms with Crippen LogP contribution in [-0.2, 0) is 6.42 Å². The Morgan fingerprint density at radius 2 is 1.75 bits per heavy atom. The molecule has 1 rings (SSSR count). The van der Waals surface area contributed by atoms with Gasteiger partial charge in [0.15, 0.2) is 0 Å². The van der Waals surface area contributed by atoms with Crippen LogP contribution in [0.15, 0.2) is 36.9 Å². The lowest BCUT2D eigenvalue weighted by molar-refractivity contribution is 0.0953. The number of carbonyl (C=O) groups excluding carboxylic acids is 1. The maximum atomic E-state index is 11.9. The van der Waals surface area contributed by atoms with E-state index < -0.39 is 0 Å². The minimum atomic E-state index is 0.0312. The molecule has 1 amide bonds. The van der Waals surface area contributed by atoms with Gasteiger partial charge in [-0.25, -0.2) is 0 Å². The molecule has 2 heteroatoms. The molecule has 0 saturated heterocycles. The molecule has 0 aliphatic carbocycles. The smallest absolute Gasteiger partial charge is 0.251 e. The molecular formula is C18H27NO. The first-order chi connectivity index (χ1) is 9.77. The van der Waals surface area contributed by atoms with Crippen molar-refractivity contribution in [3.8, 4) is 0 Å². The zero-order valence-electron chi connectivity index (χ0n) is 12.7. The van der Waals surface area contributed by atoms with Crippen molar-refractivity contribution in [1.82, 2.24) is 5.32 Å². The van der Waals surface area contributed by atoms with E-state index in [2.05, 4.69) is 18.8 Å². The lowest BCUT2D eigenvalue weighted by Gasteiger charge is -2.06. The first-order valence-electron chi connectivity index (χ1n) is 7.76. The highest BCUT2D eigenvalue weighted by Gasteiger charge is 2.03. The molecule has 2 nitrogen and oxygen atoms in total. The highest BCUT2D eigenvalue weighted by atomic mass is 16.1. The average Bonchev–Trinajstić information content (AvgIpc) is 2.47. The van der Waals surface area contributed by atoms with Gasteiger partial charge < -0.3 is 5.32 Å². The van der Waals surface area contributed by atoms with E-state index in [4.69, 9.17) is 0 Å². The van der Waals surface area contributed by atoms with Crippen LogP contribution >= 0.6 is 0 Å². The molecule has 0 heterocycles. The minimum Gasteiger partial charge on any atom is -0.352 e. The second-order valence-corrected chi connectivity index (χ2v) is 5.21. The predicted octanol–water partition coefficient (Wildman–Crippen LogP) is 4.51. The van der Waals surface area contributed by atoms with Crippen LogP contribution in [0, 0.1) is 0 Å². The summed E-state index contributed by atoms with van der Waals surface area (Å²) >= 11 is 0. The number of benzene rings is 1. The van der Waals surface area contributed by atoms with E-state index in [1.807, 2.05) is 30.3 Å². The topological polar surface area (TPSA) is 29.1 Å². The summed E-state index contributed by atoms with van der Waals surface area (Å²) in [6.07, 6.45) is 10.2. The van der Waals surface area contributed by atoms with Gasteiger partial charge in [-0.1, -0.05) is 57.2 Å². The molecule has 110 valence electrons. The van der Waals surface area contributed by atoms with Crippen molar-refractivity contribution in [3.63, 3.8) is 0 Å². The van der Waals surface area contributed by atoms with Crippen molar-refractivity contribution in [1.29, 1.82) is 0 Å². The van der Waals surface area contributed by atoms with E-state index in [0.29, 0.717) is 0 Å². The summed E-state index contributed by atoms with van der Waals surface area (Å²) in [5.41, 5.74) is 1.93. The van der Waals surface area contributed by atoms with Gasteiger partial charge in [-0.05, 0) is 30.5 Å². The molecule has 0 spiro atoms. The Labute approximate surface area is 123 Å². The van der Waals surface area contributed by atoms with Crippen LogP contribution in [0.4, 0.5) is 0 Å². The Balaban J connectivity index is 2.20. The van der Waals surface area contributed by atoms with Gasteiger partial charge in [-0.2, -0.15) is 0 Å². The molecule has 0 fully saturated rings. The molecule has 1 aromatic carbocycles. The Morgan fingerprint density at radius 1 is 1.10 bits per heavy atom. The van der Waals surface area contributed by atoms with Gasteiger partial charge in [0.2, 0.25) is 0 Å². The van der Waals surface area contributed by atoms with Gasteiger partial charge in [0.05, 0.1) is 0 Å². The zero-order chi connectivity index (χ0) is 14.6. The van der Waals surface area contributed by atoms with Gasteiger partial charge in [-0.15, -0.1) is 6.58 Å². The van der Waals surface area contributed by atoms with Crippen molar-refractivity contribution in [3.05, 3.63) is 48.0 Å². The summed E-state index contributed by atoms with van der Waals surface area (Å²) in [6, 6.07) is 7.74. The van der Waals surface area contributed by atoms with Crippen molar-refractivity contribution in [2.24, 2.45) is 0 Å². The van der Waals surface area contributed by atoms with E-state index in [0.717, 1.165) is 24.9 Å². The summed E-state index contributed by atoms with van der Waals surface area (Å²) in [6.45, 7) is 6.71. The van der Waals surface area contributed by atoms with Gasteiger partial charge in [0, 0.05) is 12.1 Å². The summed E-state index contributed by atoms with van der Waals surface area (Å²) < 4.78 is 0. The lowest BCUT2D eigenvalue weighted by atomic mass is 10.1. The first-order valence-corrected chi connectivity index (χ1v) is 7.76. The monoisotopic (exact) mass is 273 g/mol. The van der Waals surface area contributed by atoms with Crippen molar-refractivity contribution < 1.29 is 4.79 Å². The summed E-state index contributed by atoms with van der Waals surface area (Å²) in [5.74, 6) is 0.0312. The Morgan fingerprint density at radius 3 is 2.40 bits per heavy atom. The van der Waals surface area contributed by atoms with Crippen molar-refractivity contribution in [2.75, 3.05) is 6.54 Å². The zero-order valence-corrected chi connectivity index (χ0v) is 12.7.